The minimum absolute atomic E-state index is 0.706. The van der Waals surface area contributed by atoms with E-state index >= 15 is 0 Å². The maximum absolute atomic E-state index is 6.97. The Labute approximate surface area is 154 Å². The van der Waals surface area contributed by atoms with Crippen molar-refractivity contribution in [2.75, 3.05) is 12.8 Å². The molecule has 0 saturated heterocycles. The van der Waals surface area contributed by atoms with Crippen LogP contribution in [0.25, 0.3) is 0 Å². The molecule has 3 aromatic carbocycles. The molecule has 0 bridgehead atoms. The quantitative estimate of drug-likeness (QED) is 0.461. The summed E-state index contributed by atoms with van der Waals surface area (Å²) >= 11 is 0. The van der Waals surface area contributed by atoms with E-state index in [1.807, 2.05) is 0 Å². The van der Waals surface area contributed by atoms with Gasteiger partial charge in [0.05, 0.1) is 0 Å². The van der Waals surface area contributed by atoms with Crippen molar-refractivity contribution in [1.82, 2.24) is 0 Å². The monoisotopic (exact) mass is 366 g/mol. The zero-order valence-corrected chi connectivity index (χ0v) is 18.0. The third-order valence-corrected chi connectivity index (χ3v) is 12.6. The van der Waals surface area contributed by atoms with Crippen LogP contribution in [0.2, 0.25) is 6.04 Å². The molecule has 3 heteroatoms. The van der Waals surface area contributed by atoms with Crippen LogP contribution < -0.4 is 15.9 Å². The van der Waals surface area contributed by atoms with Gasteiger partial charge >= 0.3 is 154 Å². The second kappa shape index (κ2) is 7.66. The normalized spacial score (nSPS) is 13.2. The van der Waals surface area contributed by atoms with Crippen LogP contribution in [0, 0.1) is 0 Å². The van der Waals surface area contributed by atoms with Gasteiger partial charge in [-0.3, -0.25) is 0 Å². The van der Waals surface area contributed by atoms with Crippen molar-refractivity contribution < 1.29 is 4.52 Å². The summed E-state index contributed by atoms with van der Waals surface area (Å²) in [6.45, 7) is -0.115. The van der Waals surface area contributed by atoms with Crippen LogP contribution in [0.5, 0.6) is 0 Å². The topological polar surface area (TPSA) is 9.23 Å². The van der Waals surface area contributed by atoms with Crippen LogP contribution in [-0.4, -0.2) is 23.0 Å². The molecule has 0 aliphatic carbocycles. The molecular weight excluding hydrogens is 339 g/mol. The summed E-state index contributed by atoms with van der Waals surface area (Å²) in [5, 5.41) is 4.01. The molecule has 0 aromatic heterocycles. The van der Waals surface area contributed by atoms with Gasteiger partial charge in [-0.05, 0) is 0 Å². The summed E-state index contributed by atoms with van der Waals surface area (Å²) in [6, 6.07) is 34.0. The Morgan fingerprint density at radius 3 is 1.32 bits per heavy atom. The van der Waals surface area contributed by atoms with Crippen molar-refractivity contribution in [1.29, 1.82) is 0 Å². The van der Waals surface area contributed by atoms with Gasteiger partial charge in [0.25, 0.3) is 0 Å². The van der Waals surface area contributed by atoms with Crippen LogP contribution >= 0.6 is 6.83 Å². The molecule has 3 rings (SSSR count). The predicted octanol–water partition coefficient (Wildman–Crippen LogP) is 3.25. The van der Waals surface area contributed by atoms with E-state index in [4.69, 9.17) is 4.52 Å². The molecule has 25 heavy (non-hydrogen) atoms. The summed E-state index contributed by atoms with van der Waals surface area (Å²) in [7, 11) is 1.17. The van der Waals surface area contributed by atoms with E-state index < -0.39 is 6.83 Å². The van der Waals surface area contributed by atoms with Gasteiger partial charge in [0.1, 0.15) is 0 Å². The second-order valence-corrected chi connectivity index (χ2v) is 12.0. The Morgan fingerprint density at radius 2 is 1.04 bits per heavy atom. The Balaban J connectivity index is 2.47. The Kier molecular flexibility index (Phi) is 5.53. The zero-order chi connectivity index (χ0) is 17.6. The van der Waals surface area contributed by atoms with Gasteiger partial charge in [-0.25, -0.2) is 0 Å². The Morgan fingerprint density at radius 1 is 0.680 bits per heavy atom. The van der Waals surface area contributed by atoms with E-state index in [0.29, 0.717) is 6.61 Å². The van der Waals surface area contributed by atoms with Gasteiger partial charge in [0.15, 0.2) is 0 Å². The van der Waals surface area contributed by atoms with Crippen LogP contribution in [0.1, 0.15) is 6.92 Å². The molecule has 3 aromatic rings. The third kappa shape index (κ3) is 2.89. The molecule has 0 aliphatic rings. The molecule has 0 heterocycles. The van der Waals surface area contributed by atoms with Crippen molar-refractivity contribution in [3.05, 3.63) is 91.0 Å². The molecule has 1 nitrogen and oxygen atoms in total. The van der Waals surface area contributed by atoms with Gasteiger partial charge in [-0.2, -0.15) is 0 Å². The summed E-state index contributed by atoms with van der Waals surface area (Å²) in [6.07, 6.45) is 1.07. The number of benzene rings is 3. The first-order valence-electron chi connectivity index (χ1n) is 9.10. The molecule has 0 spiro atoms. The van der Waals surface area contributed by atoms with Gasteiger partial charge in [-0.15, -0.1) is 0 Å². The van der Waals surface area contributed by atoms with Crippen LogP contribution in [0.15, 0.2) is 91.0 Å². The maximum atomic E-state index is 6.97. The first-order chi connectivity index (χ1) is 12.3. The molecule has 0 fully saturated rings. The molecule has 0 unspecified atom stereocenters. The average molecular weight is 367 g/mol. The van der Waals surface area contributed by atoms with E-state index in [2.05, 4.69) is 97.9 Å². The van der Waals surface area contributed by atoms with Gasteiger partial charge in [-0.1, -0.05) is 0 Å². The van der Waals surface area contributed by atoms with Crippen molar-refractivity contribution >= 4 is 33.0 Å². The van der Waals surface area contributed by atoms with E-state index in [9.17, 15) is 0 Å². The van der Waals surface area contributed by atoms with Gasteiger partial charge in [0.2, 0.25) is 0 Å². The van der Waals surface area contributed by atoms with Crippen molar-refractivity contribution in [3.63, 3.8) is 0 Å². The molecule has 130 valence electrons. The summed E-state index contributed by atoms with van der Waals surface area (Å²) in [4.78, 5) is 0. The first kappa shape index (κ1) is 18.1. The molecule has 0 radical (unpaired) electrons. The van der Waals surface area contributed by atoms with Gasteiger partial charge < -0.3 is 0 Å². The third-order valence-electron chi connectivity index (χ3n) is 4.97. The standard InChI is InChI=1S/C22H27OPSi/c1-2-23-24(18-19-25,20-12-6-3-7-13-20,21-14-8-4-9-15-21)22-16-10-5-11-17-22/h3-17H,2,18-19H2,1,25H3. The van der Waals surface area contributed by atoms with E-state index in [1.165, 1.54) is 32.2 Å². The molecular formula is C22H27OPSi. The molecule has 0 atom stereocenters. The van der Waals surface area contributed by atoms with E-state index in [0.717, 1.165) is 6.16 Å². The van der Waals surface area contributed by atoms with Gasteiger partial charge in [0, 0.05) is 0 Å². The van der Waals surface area contributed by atoms with E-state index in [-0.39, 0.29) is 0 Å². The van der Waals surface area contributed by atoms with Crippen LogP contribution in [-0.2, 0) is 4.52 Å². The first-order valence-corrected chi connectivity index (χ1v) is 12.9. The van der Waals surface area contributed by atoms with Crippen LogP contribution in [0.3, 0.4) is 0 Å². The fourth-order valence-electron chi connectivity index (χ4n) is 4.06. The van der Waals surface area contributed by atoms with Crippen LogP contribution in [0.4, 0.5) is 0 Å². The predicted molar refractivity (Wildman–Crippen MR) is 116 cm³/mol. The summed E-state index contributed by atoms with van der Waals surface area (Å²) in [5.74, 6) is 0. The van der Waals surface area contributed by atoms with Crippen molar-refractivity contribution in [2.24, 2.45) is 0 Å². The minimum atomic E-state index is -2.95. The Hall–Kier alpha value is -1.73. The Bertz CT molecular complexity index is 681. The molecule has 0 aliphatic heterocycles. The molecule has 0 N–H and O–H groups in total. The average Bonchev–Trinajstić information content (AvgIpc) is 2.70. The summed E-state index contributed by atoms with van der Waals surface area (Å²) in [5.41, 5.74) is 0. The van der Waals surface area contributed by atoms with Crippen molar-refractivity contribution in [3.8, 4) is 0 Å². The van der Waals surface area contributed by atoms with E-state index in [1.54, 1.807) is 0 Å². The molecule has 0 amide bonds. The number of hydrogen-bond donors (Lipinski definition) is 0. The fourth-order valence-corrected chi connectivity index (χ4v) is 12.7. The molecule has 0 saturated carbocycles. The summed E-state index contributed by atoms with van der Waals surface area (Å²) < 4.78 is 6.97. The van der Waals surface area contributed by atoms with Crippen molar-refractivity contribution in [2.45, 2.75) is 13.0 Å². The fraction of sp³-hybridized carbons (Fsp3) is 0.182. The number of rotatable bonds is 7. The zero-order valence-electron chi connectivity index (χ0n) is 15.1. The number of hydrogen-bond acceptors (Lipinski definition) is 1. The second-order valence-electron chi connectivity index (χ2n) is 6.36. The SMILES string of the molecule is CCOP(CC[SiH3])(c1ccccc1)(c1ccccc1)c1ccccc1.